The normalized spacial score (nSPS) is 24.0. The molecule has 14 heteroatoms. The largest absolute Gasteiger partial charge is 0.491 e. The van der Waals surface area contributed by atoms with Crippen molar-refractivity contribution in [3.8, 4) is 11.5 Å². The molecule has 14 nitrogen and oxygen atoms in total. The summed E-state index contributed by atoms with van der Waals surface area (Å²) in [6.45, 7) is 3.22. The number of nitrogens with one attached hydrogen (secondary N) is 4. The molecule has 3 aromatic rings. The number of hydrogen-bond acceptors (Lipinski definition) is 10. The number of carbonyl (C=O) groups is 4. The highest BCUT2D eigenvalue weighted by Gasteiger charge is 2.27. The van der Waals surface area contributed by atoms with E-state index in [0.29, 0.717) is 51.0 Å². The number of carbonyl (C=O) groups excluding carboxylic acids is 4. The summed E-state index contributed by atoms with van der Waals surface area (Å²) in [6, 6.07) is 13.5. The monoisotopic (exact) mass is 684 g/mol. The van der Waals surface area contributed by atoms with E-state index in [1.165, 1.54) is 12.1 Å². The molecule has 8 bridgehead atoms. The highest BCUT2D eigenvalue weighted by atomic mass is 16.6. The fourth-order valence-electron chi connectivity index (χ4n) is 5.97. The highest BCUT2D eigenvalue weighted by molar-refractivity contribution is 5.98. The minimum Gasteiger partial charge on any atom is -0.491 e. The third-order valence-electron chi connectivity index (χ3n) is 9.20. The maximum Gasteiger partial charge on any atom is 0.270 e. The average Bonchev–Trinajstić information content (AvgIpc) is 4.09. The molecule has 7 aliphatic rings. The van der Waals surface area contributed by atoms with Crippen LogP contribution in [0.3, 0.4) is 0 Å². The van der Waals surface area contributed by atoms with Crippen molar-refractivity contribution in [1.29, 1.82) is 0 Å². The molecule has 1 aromatic carbocycles. The fraction of sp³-hybridized carbons (Fsp3) is 0.444. The first kappa shape index (κ1) is 33.4. The summed E-state index contributed by atoms with van der Waals surface area (Å²) >= 11 is 0. The molecule has 4 amide bonds. The summed E-state index contributed by atoms with van der Waals surface area (Å²) in [6.07, 6.45) is 3.51. The van der Waals surface area contributed by atoms with E-state index in [9.17, 15) is 19.2 Å². The second-order valence-corrected chi connectivity index (χ2v) is 13.2. The van der Waals surface area contributed by atoms with Gasteiger partial charge in [-0.1, -0.05) is 24.3 Å². The zero-order valence-corrected chi connectivity index (χ0v) is 27.6. The van der Waals surface area contributed by atoms with Gasteiger partial charge in [-0.25, -0.2) is 9.97 Å². The summed E-state index contributed by atoms with van der Waals surface area (Å²) in [5, 5.41) is 11.7. The Hall–Kier alpha value is -5.08. The number of epoxide rings is 2. The van der Waals surface area contributed by atoms with E-state index in [-0.39, 0.29) is 71.7 Å². The summed E-state index contributed by atoms with van der Waals surface area (Å²) in [7, 11) is 0. The van der Waals surface area contributed by atoms with E-state index in [1.54, 1.807) is 12.1 Å². The minimum atomic E-state index is -0.446. The number of nitrogens with zero attached hydrogens (tertiary/aromatic N) is 2. The molecule has 3 fully saturated rings. The molecule has 50 heavy (non-hydrogen) atoms. The second-order valence-electron chi connectivity index (χ2n) is 13.2. The van der Waals surface area contributed by atoms with Crippen molar-refractivity contribution in [2.75, 3.05) is 39.5 Å². The van der Waals surface area contributed by atoms with Crippen molar-refractivity contribution < 1.29 is 38.1 Å². The number of benzene rings is 1. The molecule has 1 saturated carbocycles. The Morgan fingerprint density at radius 2 is 0.900 bits per heavy atom. The van der Waals surface area contributed by atoms with Crippen LogP contribution >= 0.6 is 0 Å². The van der Waals surface area contributed by atoms with Crippen molar-refractivity contribution >= 4 is 23.6 Å². The summed E-state index contributed by atoms with van der Waals surface area (Å²) < 4.78 is 22.1. The Morgan fingerprint density at radius 1 is 0.560 bits per heavy atom. The molecule has 2 atom stereocenters. The topological polar surface area (TPSA) is 186 Å². The molecule has 6 aliphatic heterocycles. The van der Waals surface area contributed by atoms with Crippen LogP contribution in [0.15, 0.2) is 48.5 Å². The van der Waals surface area contributed by atoms with Gasteiger partial charge in [0.2, 0.25) is 0 Å². The predicted octanol–water partition coefficient (Wildman–Crippen LogP) is 2.17. The molecule has 8 heterocycles. The van der Waals surface area contributed by atoms with E-state index in [0.717, 1.165) is 36.8 Å². The maximum atomic E-state index is 13.3. The van der Waals surface area contributed by atoms with Gasteiger partial charge in [-0.05, 0) is 48.6 Å². The van der Waals surface area contributed by atoms with Gasteiger partial charge in [-0.15, -0.1) is 0 Å². The van der Waals surface area contributed by atoms with Gasteiger partial charge in [0.05, 0.1) is 13.2 Å². The van der Waals surface area contributed by atoms with Crippen LogP contribution in [0.4, 0.5) is 0 Å². The van der Waals surface area contributed by atoms with Crippen molar-refractivity contribution in [2.24, 2.45) is 11.8 Å². The van der Waals surface area contributed by atoms with Crippen molar-refractivity contribution in [3.05, 3.63) is 82.4 Å². The summed E-state index contributed by atoms with van der Waals surface area (Å²) in [5.74, 6) is -0.399. The van der Waals surface area contributed by atoms with E-state index >= 15 is 0 Å². The first-order chi connectivity index (χ1) is 24.3. The van der Waals surface area contributed by atoms with Crippen LogP contribution in [0.5, 0.6) is 11.5 Å². The van der Waals surface area contributed by atoms with Gasteiger partial charge in [-0.2, -0.15) is 0 Å². The van der Waals surface area contributed by atoms with Crippen molar-refractivity contribution in [1.82, 2.24) is 31.2 Å². The van der Waals surface area contributed by atoms with Crippen LogP contribution in [0.2, 0.25) is 0 Å². The SMILES string of the molecule is O=C1NCc2ccc(cc2)CNC(=O)c2cc(OCC3CO3)cc(n2)C(=O)NCC2CCC(CC2)CNC(=O)c2cc(OCC3CO3)cc1n2. The van der Waals surface area contributed by atoms with E-state index in [4.69, 9.17) is 18.9 Å². The number of ether oxygens (including phenoxy) is 4. The first-order valence-corrected chi connectivity index (χ1v) is 17.1. The molecule has 1 aliphatic carbocycles. The molecule has 2 unspecified atom stereocenters. The number of rotatable bonds is 6. The maximum absolute atomic E-state index is 13.3. The molecule has 0 radical (unpaired) electrons. The van der Waals surface area contributed by atoms with Crippen LogP contribution in [-0.4, -0.2) is 85.3 Å². The van der Waals surface area contributed by atoms with Gasteiger partial charge in [0.1, 0.15) is 59.7 Å². The molecule has 4 N–H and O–H groups in total. The number of pyridine rings is 2. The van der Waals surface area contributed by atoms with Gasteiger partial charge in [0, 0.05) is 50.4 Å². The lowest BCUT2D eigenvalue weighted by molar-refractivity contribution is 0.0911. The molecule has 10 rings (SSSR count). The van der Waals surface area contributed by atoms with Crippen LogP contribution in [-0.2, 0) is 22.6 Å². The van der Waals surface area contributed by atoms with Crippen LogP contribution in [0.25, 0.3) is 0 Å². The lowest BCUT2D eigenvalue weighted by Crippen LogP contribution is -2.35. The Kier molecular flexibility index (Phi) is 10.2. The highest BCUT2D eigenvalue weighted by Crippen LogP contribution is 2.28. The molecule has 2 aromatic heterocycles. The Labute approximate surface area is 289 Å². The first-order valence-electron chi connectivity index (χ1n) is 17.1. The second kappa shape index (κ2) is 15.2. The smallest absolute Gasteiger partial charge is 0.270 e. The van der Waals surface area contributed by atoms with E-state index in [1.807, 2.05) is 24.3 Å². The molecule has 2 saturated heterocycles. The van der Waals surface area contributed by atoms with Gasteiger partial charge in [-0.3, -0.25) is 19.2 Å². The van der Waals surface area contributed by atoms with Crippen molar-refractivity contribution in [3.63, 3.8) is 0 Å². The van der Waals surface area contributed by atoms with Gasteiger partial charge >= 0.3 is 0 Å². The zero-order chi connectivity index (χ0) is 34.5. The molecule has 0 spiro atoms. The fourth-order valence-corrected chi connectivity index (χ4v) is 5.97. The Bertz CT molecular complexity index is 1610. The Morgan fingerprint density at radius 3 is 1.24 bits per heavy atom. The predicted molar refractivity (Wildman–Crippen MR) is 178 cm³/mol. The van der Waals surface area contributed by atoms with Gasteiger partial charge in [0.15, 0.2) is 0 Å². The third kappa shape index (κ3) is 9.12. The molecular weight excluding hydrogens is 644 g/mol. The molecular formula is C36H40N6O8. The Balaban J connectivity index is 1.09. The van der Waals surface area contributed by atoms with Gasteiger partial charge in [0.25, 0.3) is 23.6 Å². The lowest BCUT2D eigenvalue weighted by atomic mass is 9.82. The van der Waals surface area contributed by atoms with Crippen LogP contribution in [0, 0.1) is 11.8 Å². The quantitative estimate of drug-likeness (QED) is 0.281. The van der Waals surface area contributed by atoms with E-state index in [2.05, 4.69) is 31.2 Å². The number of hydrogen-bond donors (Lipinski definition) is 4. The summed E-state index contributed by atoms with van der Waals surface area (Å²) in [5.41, 5.74) is 1.98. The van der Waals surface area contributed by atoms with Crippen LogP contribution < -0.4 is 30.7 Å². The van der Waals surface area contributed by atoms with Crippen LogP contribution in [0.1, 0.15) is 78.8 Å². The average molecular weight is 685 g/mol. The lowest BCUT2D eigenvalue weighted by Gasteiger charge is -2.28. The van der Waals surface area contributed by atoms with Gasteiger partial charge < -0.3 is 40.2 Å². The van der Waals surface area contributed by atoms with E-state index < -0.39 is 11.8 Å². The zero-order valence-electron chi connectivity index (χ0n) is 27.6. The number of aromatic nitrogens is 2. The number of amides is 4. The third-order valence-corrected chi connectivity index (χ3v) is 9.20. The minimum absolute atomic E-state index is 0.00239. The summed E-state index contributed by atoms with van der Waals surface area (Å²) in [4.78, 5) is 61.7. The molecule has 262 valence electrons. The standard InChI is InChI=1S/C36H40N6O8/c43-33-29-9-25(47-17-27-19-49-27)11-31(41-29)35(45)39-15-23-5-7-24(8-6-23)16-40-36(46)32-12-26(48-18-28-20-50-28)10-30(42-32)34(44)38-14-22-2-1-21(3-4-22)13-37-33/h1-4,9-12,23-24,27-28H,5-8,13-20H2,(H,37,43)(H,38,44)(H,39,45)(H,40,46). The van der Waals surface area contributed by atoms with Crippen molar-refractivity contribution in [2.45, 2.75) is 51.0 Å².